The summed E-state index contributed by atoms with van der Waals surface area (Å²) < 4.78 is 24.7. The predicted octanol–water partition coefficient (Wildman–Crippen LogP) is 2.20. The fraction of sp³-hybridized carbons (Fsp3) is 0. The molecule has 2 aromatic carbocycles. The monoisotopic (exact) mass is 271 g/mol. The highest BCUT2D eigenvalue weighted by Gasteiger charge is 2.21. The van der Waals surface area contributed by atoms with E-state index in [1.807, 2.05) is 6.07 Å². The van der Waals surface area contributed by atoms with Crippen molar-refractivity contribution in [1.29, 1.82) is 5.26 Å². The van der Waals surface area contributed by atoms with E-state index in [0.717, 1.165) is 0 Å². The number of rotatable bonds is 3. The second kappa shape index (κ2) is 5.04. The van der Waals surface area contributed by atoms with Crippen molar-refractivity contribution < 1.29 is 13.2 Å². The molecule has 0 bridgehead atoms. The molecule has 0 fully saturated rings. The van der Waals surface area contributed by atoms with Crippen molar-refractivity contribution in [1.82, 2.24) is 0 Å². The fourth-order valence-electron chi connectivity index (χ4n) is 1.68. The van der Waals surface area contributed by atoms with Gasteiger partial charge in [0.25, 0.3) is 0 Å². The van der Waals surface area contributed by atoms with E-state index in [0.29, 0.717) is 6.29 Å². The van der Waals surface area contributed by atoms with Crippen LogP contribution in [0.2, 0.25) is 0 Å². The lowest BCUT2D eigenvalue weighted by atomic mass is 10.1. The maximum atomic E-state index is 12.4. The number of nitrogens with zero attached hydrogens (tertiary/aromatic N) is 1. The number of carbonyl (C=O) groups excluding carboxylic acids is 1. The minimum atomic E-state index is -3.75. The molecule has 5 heteroatoms. The van der Waals surface area contributed by atoms with Crippen LogP contribution < -0.4 is 0 Å². The topological polar surface area (TPSA) is 75.0 Å². The second-order valence-corrected chi connectivity index (χ2v) is 5.72. The molecular formula is C14H9NO3S. The molecule has 0 unspecified atom stereocenters. The second-order valence-electron chi connectivity index (χ2n) is 3.80. The zero-order valence-corrected chi connectivity index (χ0v) is 10.6. The van der Waals surface area contributed by atoms with Crippen LogP contribution in [0.1, 0.15) is 15.9 Å². The normalized spacial score (nSPS) is 10.7. The number of sulfone groups is 1. The van der Waals surface area contributed by atoms with Crippen LogP contribution >= 0.6 is 0 Å². The van der Waals surface area contributed by atoms with Crippen LogP contribution in [0.25, 0.3) is 0 Å². The zero-order valence-electron chi connectivity index (χ0n) is 9.78. The zero-order chi connectivity index (χ0) is 13.9. The summed E-state index contributed by atoms with van der Waals surface area (Å²) in [4.78, 5) is 11.0. The number of benzene rings is 2. The van der Waals surface area contributed by atoms with E-state index in [-0.39, 0.29) is 20.9 Å². The van der Waals surface area contributed by atoms with E-state index in [4.69, 9.17) is 5.26 Å². The summed E-state index contributed by atoms with van der Waals surface area (Å²) in [7, 11) is -3.75. The maximum absolute atomic E-state index is 12.4. The number of hydrogen-bond acceptors (Lipinski definition) is 4. The minimum absolute atomic E-state index is 0.0112. The van der Waals surface area contributed by atoms with Gasteiger partial charge in [-0.3, -0.25) is 4.79 Å². The highest BCUT2D eigenvalue weighted by atomic mass is 32.2. The highest BCUT2D eigenvalue weighted by Crippen LogP contribution is 2.23. The minimum Gasteiger partial charge on any atom is -0.298 e. The first-order chi connectivity index (χ1) is 9.09. The third-order valence-electron chi connectivity index (χ3n) is 2.61. The van der Waals surface area contributed by atoms with E-state index >= 15 is 0 Å². The van der Waals surface area contributed by atoms with Crippen LogP contribution in [0.5, 0.6) is 0 Å². The van der Waals surface area contributed by atoms with Crippen molar-refractivity contribution in [3.8, 4) is 6.07 Å². The number of carbonyl (C=O) groups is 1. The van der Waals surface area contributed by atoms with Crippen LogP contribution in [0.15, 0.2) is 58.3 Å². The van der Waals surface area contributed by atoms with Crippen molar-refractivity contribution in [2.45, 2.75) is 9.79 Å². The Kier molecular flexibility index (Phi) is 3.45. The van der Waals surface area contributed by atoms with E-state index in [9.17, 15) is 13.2 Å². The molecule has 0 aliphatic rings. The predicted molar refractivity (Wildman–Crippen MR) is 68.4 cm³/mol. The summed E-state index contributed by atoms with van der Waals surface area (Å²) in [6, 6.07) is 13.6. The van der Waals surface area contributed by atoms with Gasteiger partial charge >= 0.3 is 0 Å². The summed E-state index contributed by atoms with van der Waals surface area (Å²) in [5.74, 6) is 0. The Balaban J connectivity index is 2.66. The van der Waals surface area contributed by atoms with Crippen LogP contribution in [-0.4, -0.2) is 14.7 Å². The van der Waals surface area contributed by atoms with Gasteiger partial charge in [0.05, 0.1) is 21.4 Å². The first-order valence-electron chi connectivity index (χ1n) is 5.39. The molecule has 0 aliphatic carbocycles. The molecule has 0 radical (unpaired) electrons. The standard InChI is InChI=1S/C14H9NO3S/c15-9-11-6-7-14(12(8-11)10-16)19(17,18)13-4-2-1-3-5-13/h1-8,10H. The lowest BCUT2D eigenvalue weighted by molar-refractivity contribution is 0.112. The molecule has 0 saturated heterocycles. The number of nitriles is 1. The van der Waals surface area contributed by atoms with Crippen LogP contribution in [-0.2, 0) is 9.84 Å². The smallest absolute Gasteiger partial charge is 0.207 e. The van der Waals surface area contributed by atoms with Gasteiger partial charge in [-0.2, -0.15) is 5.26 Å². The number of aldehydes is 1. The van der Waals surface area contributed by atoms with Gasteiger partial charge in [-0.15, -0.1) is 0 Å². The van der Waals surface area contributed by atoms with Crippen molar-refractivity contribution in [3.63, 3.8) is 0 Å². The average molecular weight is 271 g/mol. The first-order valence-corrected chi connectivity index (χ1v) is 6.87. The van der Waals surface area contributed by atoms with E-state index in [2.05, 4.69) is 0 Å². The molecule has 0 heterocycles. The molecule has 0 N–H and O–H groups in total. The van der Waals surface area contributed by atoms with Gasteiger partial charge in [0.15, 0.2) is 6.29 Å². The van der Waals surface area contributed by atoms with Crippen LogP contribution in [0.3, 0.4) is 0 Å². The van der Waals surface area contributed by atoms with E-state index in [1.54, 1.807) is 18.2 Å². The van der Waals surface area contributed by atoms with Crippen LogP contribution in [0, 0.1) is 11.3 Å². The Morgan fingerprint density at radius 3 is 2.32 bits per heavy atom. The molecule has 0 aromatic heterocycles. The molecule has 0 aliphatic heterocycles. The first kappa shape index (κ1) is 13.0. The summed E-state index contributed by atoms with van der Waals surface area (Å²) in [6.07, 6.45) is 0.441. The van der Waals surface area contributed by atoms with Crippen molar-refractivity contribution in [2.75, 3.05) is 0 Å². The lowest BCUT2D eigenvalue weighted by Crippen LogP contribution is -2.05. The third kappa shape index (κ3) is 2.39. The van der Waals surface area contributed by atoms with Gasteiger partial charge in [0, 0.05) is 5.56 Å². The largest absolute Gasteiger partial charge is 0.298 e. The Bertz CT molecular complexity index is 759. The van der Waals surface area contributed by atoms with Gasteiger partial charge in [0.1, 0.15) is 0 Å². The fourth-order valence-corrected chi connectivity index (χ4v) is 3.12. The molecular weight excluding hydrogens is 262 g/mol. The van der Waals surface area contributed by atoms with Gasteiger partial charge in [-0.05, 0) is 30.3 Å². The Labute approximate surface area is 110 Å². The molecule has 0 saturated carbocycles. The summed E-state index contributed by atoms with van der Waals surface area (Å²) in [6.45, 7) is 0. The molecule has 0 spiro atoms. The summed E-state index contributed by atoms with van der Waals surface area (Å²) >= 11 is 0. The summed E-state index contributed by atoms with van der Waals surface area (Å²) in [5, 5.41) is 8.75. The molecule has 2 aromatic rings. The van der Waals surface area contributed by atoms with Gasteiger partial charge in [0.2, 0.25) is 9.84 Å². The Morgan fingerprint density at radius 1 is 1.05 bits per heavy atom. The highest BCUT2D eigenvalue weighted by molar-refractivity contribution is 7.91. The molecule has 0 atom stereocenters. The molecule has 2 rings (SSSR count). The molecule has 19 heavy (non-hydrogen) atoms. The van der Waals surface area contributed by atoms with Gasteiger partial charge in [-0.1, -0.05) is 18.2 Å². The van der Waals surface area contributed by atoms with E-state index < -0.39 is 9.84 Å². The molecule has 0 amide bonds. The van der Waals surface area contributed by atoms with Gasteiger partial charge in [-0.25, -0.2) is 8.42 Å². The maximum Gasteiger partial charge on any atom is 0.207 e. The van der Waals surface area contributed by atoms with Crippen molar-refractivity contribution >= 4 is 16.1 Å². The van der Waals surface area contributed by atoms with Crippen molar-refractivity contribution in [2.24, 2.45) is 0 Å². The van der Waals surface area contributed by atoms with Crippen LogP contribution in [0.4, 0.5) is 0 Å². The Hall–Kier alpha value is -2.45. The average Bonchev–Trinajstić information content (AvgIpc) is 2.47. The van der Waals surface area contributed by atoms with Crippen molar-refractivity contribution in [3.05, 3.63) is 59.7 Å². The third-order valence-corrected chi connectivity index (χ3v) is 4.45. The Morgan fingerprint density at radius 2 is 1.74 bits per heavy atom. The molecule has 4 nitrogen and oxygen atoms in total. The lowest BCUT2D eigenvalue weighted by Gasteiger charge is -2.07. The SMILES string of the molecule is N#Cc1ccc(S(=O)(=O)c2ccccc2)c(C=O)c1. The van der Waals surface area contributed by atoms with E-state index in [1.165, 1.54) is 30.3 Å². The number of hydrogen-bond donors (Lipinski definition) is 0. The quantitative estimate of drug-likeness (QED) is 0.802. The molecule has 94 valence electrons. The van der Waals surface area contributed by atoms with Gasteiger partial charge < -0.3 is 0 Å². The summed E-state index contributed by atoms with van der Waals surface area (Å²) in [5.41, 5.74) is 0.233.